The number of nitrogens with zero attached hydrogens (tertiary/aromatic N) is 1. The van der Waals surface area contributed by atoms with Crippen molar-refractivity contribution in [2.24, 2.45) is 0 Å². The molecule has 0 radical (unpaired) electrons. The smallest absolute Gasteiger partial charge is 0.127 e. The second kappa shape index (κ2) is 6.92. The maximum absolute atomic E-state index is 6.05. The molecule has 0 unspecified atom stereocenters. The Kier molecular flexibility index (Phi) is 5.82. The van der Waals surface area contributed by atoms with Gasteiger partial charge in [-0.1, -0.05) is 38.6 Å². The third-order valence-electron chi connectivity index (χ3n) is 2.99. The molecule has 0 amide bonds. The van der Waals surface area contributed by atoms with Crippen LogP contribution in [0.2, 0.25) is 0 Å². The molecular formula is C16H27NOSi. The van der Waals surface area contributed by atoms with Crippen molar-refractivity contribution in [3.63, 3.8) is 0 Å². The molecule has 0 saturated heterocycles. The fraction of sp³-hybridized carbons (Fsp3) is 0.500. The van der Waals surface area contributed by atoms with E-state index in [1.165, 1.54) is 10.8 Å². The molecule has 1 aromatic carbocycles. The number of hydrogen-bond donors (Lipinski definition) is 0. The van der Waals surface area contributed by atoms with E-state index in [0.717, 1.165) is 18.8 Å². The highest BCUT2D eigenvalue weighted by Crippen LogP contribution is 2.27. The molecule has 0 aliphatic heterocycles. The van der Waals surface area contributed by atoms with Gasteiger partial charge in [-0.05, 0) is 45.1 Å². The first-order valence-corrected chi connectivity index (χ1v) is 8.40. The first kappa shape index (κ1) is 16.0. The Morgan fingerprint density at radius 3 is 2.32 bits per heavy atom. The van der Waals surface area contributed by atoms with E-state index in [1.54, 1.807) is 0 Å². The lowest BCUT2D eigenvalue weighted by atomic mass is 10.1. The Morgan fingerprint density at radius 1 is 1.21 bits per heavy atom. The lowest BCUT2D eigenvalue weighted by Gasteiger charge is -2.25. The molecule has 0 spiro atoms. The highest BCUT2D eigenvalue weighted by atomic mass is 28.2. The predicted molar refractivity (Wildman–Crippen MR) is 87.3 cm³/mol. The van der Waals surface area contributed by atoms with Gasteiger partial charge in [-0.2, -0.15) is 0 Å². The van der Waals surface area contributed by atoms with E-state index in [0.29, 0.717) is 0 Å². The molecule has 0 aliphatic carbocycles. The molecule has 0 N–H and O–H groups in total. The van der Waals surface area contributed by atoms with Gasteiger partial charge >= 0.3 is 0 Å². The van der Waals surface area contributed by atoms with Crippen molar-refractivity contribution < 1.29 is 4.74 Å². The van der Waals surface area contributed by atoms with Gasteiger partial charge < -0.3 is 9.30 Å². The van der Waals surface area contributed by atoms with E-state index in [4.69, 9.17) is 4.74 Å². The summed E-state index contributed by atoms with van der Waals surface area (Å²) in [5.74, 6) is 0.958. The fourth-order valence-corrected chi connectivity index (χ4v) is 3.43. The van der Waals surface area contributed by atoms with Gasteiger partial charge in [0.1, 0.15) is 21.0 Å². The molecule has 0 atom stereocenters. The van der Waals surface area contributed by atoms with Gasteiger partial charge in [0.15, 0.2) is 0 Å². The lowest BCUT2D eigenvalue weighted by molar-refractivity contribution is 0.130. The quantitative estimate of drug-likeness (QED) is 0.740. The molecule has 1 rings (SSSR count). The van der Waals surface area contributed by atoms with Crippen LogP contribution in [0.25, 0.3) is 5.20 Å². The van der Waals surface area contributed by atoms with Crippen LogP contribution in [-0.2, 0) is 0 Å². The van der Waals surface area contributed by atoms with Gasteiger partial charge in [0.25, 0.3) is 0 Å². The summed E-state index contributed by atoms with van der Waals surface area (Å²) in [5.41, 5.74) is 1.00. The first-order valence-electron chi connectivity index (χ1n) is 7.06. The monoisotopic (exact) mass is 277 g/mol. The van der Waals surface area contributed by atoms with Gasteiger partial charge in [0.2, 0.25) is 0 Å². The Balaban J connectivity index is 2.90. The molecule has 0 saturated carbocycles. The molecule has 0 fully saturated rings. The van der Waals surface area contributed by atoms with Crippen LogP contribution in [0, 0.1) is 0 Å². The third-order valence-corrected chi connectivity index (χ3v) is 5.10. The molecule has 0 heterocycles. The van der Waals surface area contributed by atoms with Crippen molar-refractivity contribution in [2.45, 2.75) is 40.2 Å². The third kappa shape index (κ3) is 5.21. The zero-order valence-electron chi connectivity index (χ0n) is 13.0. The number of para-hydroxylation sites is 1. The minimum atomic E-state index is -0.464. The number of ether oxygens (including phenoxy) is 1. The topological polar surface area (TPSA) is 12.5 Å². The van der Waals surface area contributed by atoms with Crippen molar-refractivity contribution in [2.75, 3.05) is 13.1 Å². The molecule has 106 valence electrons. The standard InChI is InChI=1S/C16H27NOSi/c1-7-17(8-2)19-13(3)14-11-9-10-12-15(14)18-16(4,5)6/h9-12H,3,7-8,19H2,1-2,4-6H3. The summed E-state index contributed by atoms with van der Waals surface area (Å²) in [6.45, 7) is 17.1. The molecule has 3 heteroatoms. The number of benzene rings is 1. The Bertz CT molecular complexity index is 419. The molecule has 19 heavy (non-hydrogen) atoms. The second-order valence-corrected chi connectivity index (χ2v) is 7.84. The Morgan fingerprint density at radius 2 is 1.79 bits per heavy atom. The largest absolute Gasteiger partial charge is 0.488 e. The van der Waals surface area contributed by atoms with Crippen LogP contribution >= 0.6 is 0 Å². The van der Waals surface area contributed by atoms with Crippen LogP contribution < -0.4 is 4.74 Å². The van der Waals surface area contributed by atoms with E-state index < -0.39 is 9.68 Å². The van der Waals surface area contributed by atoms with Gasteiger partial charge in [-0.15, -0.1) is 0 Å². The lowest BCUT2D eigenvalue weighted by Crippen LogP contribution is -2.28. The van der Waals surface area contributed by atoms with Crippen molar-refractivity contribution in [3.05, 3.63) is 36.4 Å². The summed E-state index contributed by atoms with van der Waals surface area (Å²) in [7, 11) is -0.464. The van der Waals surface area contributed by atoms with Crippen molar-refractivity contribution in [1.29, 1.82) is 0 Å². The van der Waals surface area contributed by atoms with Crippen molar-refractivity contribution >= 4 is 14.9 Å². The van der Waals surface area contributed by atoms with Crippen LogP contribution in [0.4, 0.5) is 0 Å². The zero-order chi connectivity index (χ0) is 14.5. The molecule has 0 bridgehead atoms. The first-order chi connectivity index (χ1) is 8.87. The summed E-state index contributed by atoms with van der Waals surface area (Å²) >= 11 is 0. The van der Waals surface area contributed by atoms with E-state index in [9.17, 15) is 0 Å². The highest BCUT2D eigenvalue weighted by molar-refractivity contribution is 6.58. The normalized spacial score (nSPS) is 12.3. The molecule has 0 aliphatic rings. The van der Waals surface area contributed by atoms with Crippen molar-refractivity contribution in [3.8, 4) is 5.75 Å². The van der Waals surface area contributed by atoms with Gasteiger partial charge in [0, 0.05) is 5.56 Å². The van der Waals surface area contributed by atoms with E-state index in [-0.39, 0.29) is 5.60 Å². The molecule has 2 nitrogen and oxygen atoms in total. The van der Waals surface area contributed by atoms with Crippen LogP contribution in [0.3, 0.4) is 0 Å². The minimum absolute atomic E-state index is 0.173. The van der Waals surface area contributed by atoms with Crippen molar-refractivity contribution in [1.82, 2.24) is 4.57 Å². The Hall–Kier alpha value is -1.06. The maximum atomic E-state index is 6.05. The highest BCUT2D eigenvalue weighted by Gasteiger charge is 2.16. The summed E-state index contributed by atoms with van der Waals surface area (Å²) < 4.78 is 8.54. The molecular weight excluding hydrogens is 250 g/mol. The van der Waals surface area contributed by atoms with Crippen LogP contribution in [0.1, 0.15) is 40.2 Å². The summed E-state index contributed by atoms with van der Waals surface area (Å²) in [6.07, 6.45) is 0. The van der Waals surface area contributed by atoms with Gasteiger partial charge in [-0.25, -0.2) is 0 Å². The van der Waals surface area contributed by atoms with Gasteiger partial charge in [0.05, 0.1) is 0 Å². The average molecular weight is 277 g/mol. The second-order valence-electron chi connectivity index (χ2n) is 5.78. The predicted octanol–water partition coefficient (Wildman–Crippen LogP) is 3.26. The van der Waals surface area contributed by atoms with Crippen LogP contribution in [0.5, 0.6) is 5.75 Å². The molecule has 0 aromatic heterocycles. The summed E-state index contributed by atoms with van der Waals surface area (Å²) in [4.78, 5) is 0. The minimum Gasteiger partial charge on any atom is -0.488 e. The van der Waals surface area contributed by atoms with Crippen LogP contribution in [0.15, 0.2) is 30.8 Å². The summed E-state index contributed by atoms with van der Waals surface area (Å²) in [6, 6.07) is 8.26. The summed E-state index contributed by atoms with van der Waals surface area (Å²) in [5, 5.41) is 1.25. The Labute approximate surface area is 120 Å². The zero-order valence-corrected chi connectivity index (χ0v) is 14.4. The molecule has 1 aromatic rings. The number of hydrogen-bond acceptors (Lipinski definition) is 2. The average Bonchev–Trinajstić information content (AvgIpc) is 2.34. The van der Waals surface area contributed by atoms with E-state index in [1.807, 2.05) is 12.1 Å². The van der Waals surface area contributed by atoms with E-state index in [2.05, 4.69) is 57.9 Å². The SMILES string of the molecule is C=C([SiH2]N(CC)CC)c1ccccc1OC(C)(C)C. The fourth-order valence-electron chi connectivity index (χ4n) is 1.98. The maximum Gasteiger partial charge on any atom is 0.127 e. The number of rotatable bonds is 6. The van der Waals surface area contributed by atoms with Gasteiger partial charge in [-0.3, -0.25) is 0 Å². The van der Waals surface area contributed by atoms with Crippen LogP contribution in [-0.4, -0.2) is 32.9 Å². The van der Waals surface area contributed by atoms with E-state index >= 15 is 0 Å².